The molecule has 1 aliphatic rings. The van der Waals surface area contributed by atoms with Crippen LogP contribution in [0.4, 0.5) is 0 Å². The Morgan fingerprint density at radius 3 is 2.28 bits per heavy atom. The van der Waals surface area contributed by atoms with Gasteiger partial charge in [0.2, 0.25) is 5.91 Å². The van der Waals surface area contributed by atoms with Crippen LogP contribution < -0.4 is 0 Å². The number of nitrogens with zero attached hydrogens (tertiary/aromatic N) is 1. The summed E-state index contributed by atoms with van der Waals surface area (Å²) in [6.07, 6.45) is 0. The number of hydrogen-bond acceptors (Lipinski definition) is 6. The zero-order valence-electron chi connectivity index (χ0n) is 17.4. The van der Waals surface area contributed by atoms with Crippen molar-refractivity contribution in [1.82, 2.24) is 4.90 Å². The van der Waals surface area contributed by atoms with Crippen LogP contribution in [0.25, 0.3) is 0 Å². The van der Waals surface area contributed by atoms with Gasteiger partial charge in [0.25, 0.3) is 0 Å². The molecule has 32 heavy (non-hydrogen) atoms. The van der Waals surface area contributed by atoms with Gasteiger partial charge in [-0.05, 0) is 17.7 Å². The van der Waals surface area contributed by atoms with Crippen LogP contribution in [-0.4, -0.2) is 49.8 Å². The third-order valence-corrected chi connectivity index (χ3v) is 7.93. The first kappa shape index (κ1) is 24.4. The number of ketones is 1. The predicted molar refractivity (Wildman–Crippen MR) is 127 cm³/mol. The zero-order valence-corrected chi connectivity index (χ0v) is 19.8. The predicted octanol–water partition coefficient (Wildman–Crippen LogP) is 4.53. The molecule has 0 spiro atoms. The summed E-state index contributed by atoms with van der Waals surface area (Å²) in [6.45, 7) is 2.92. The van der Waals surface area contributed by atoms with Crippen molar-refractivity contribution in [2.24, 2.45) is 5.92 Å². The van der Waals surface area contributed by atoms with Crippen molar-refractivity contribution in [2.75, 3.05) is 5.75 Å². The molecule has 1 aliphatic heterocycles. The smallest absolute Gasteiger partial charge is 0.327 e. The Morgan fingerprint density at radius 2 is 1.72 bits per heavy atom. The second kappa shape index (κ2) is 10.6. The lowest BCUT2D eigenvalue weighted by molar-refractivity contribution is -0.150. The minimum absolute atomic E-state index is 0.220. The lowest BCUT2D eigenvalue weighted by Gasteiger charge is -2.32. The van der Waals surface area contributed by atoms with Gasteiger partial charge in [0.15, 0.2) is 10.9 Å². The molecule has 1 N–H and O–H groups in total. The van der Waals surface area contributed by atoms with E-state index in [1.165, 1.54) is 23.6 Å². The molecule has 2 aromatic rings. The van der Waals surface area contributed by atoms with E-state index in [0.717, 1.165) is 17.3 Å². The maximum Gasteiger partial charge on any atom is 0.327 e. The number of hydrogen-bond donors (Lipinski definition) is 1. The van der Waals surface area contributed by atoms with Crippen LogP contribution in [0.1, 0.15) is 35.1 Å². The minimum atomic E-state index is -1.11. The van der Waals surface area contributed by atoms with Gasteiger partial charge >= 0.3 is 5.97 Å². The number of carboxylic acids is 1. The number of carboxylic acid groups (broad SMARTS) is 1. The summed E-state index contributed by atoms with van der Waals surface area (Å²) in [4.78, 5) is 51.9. The lowest BCUT2D eigenvalue weighted by Crippen LogP contribution is -2.48. The molecule has 1 amide bonds. The van der Waals surface area contributed by atoms with Gasteiger partial charge in [-0.2, -0.15) is 0 Å². The fraction of sp³-hybridized carbons (Fsp3) is 0.304. The number of aliphatic carboxylic acids is 1. The monoisotopic (exact) mass is 491 g/mol. The van der Waals surface area contributed by atoms with Crippen LogP contribution in [0.3, 0.4) is 0 Å². The summed E-state index contributed by atoms with van der Waals surface area (Å²) in [6, 6.07) is 14.3. The number of carbonyl (C=O) groups excluding carboxylic acids is 3. The summed E-state index contributed by atoms with van der Waals surface area (Å²) in [5.41, 5.74) is 1.14. The van der Waals surface area contributed by atoms with Gasteiger partial charge in [-0.15, -0.1) is 11.8 Å². The van der Waals surface area contributed by atoms with Gasteiger partial charge in [0, 0.05) is 23.3 Å². The lowest BCUT2D eigenvalue weighted by atomic mass is 9.97. The number of carbonyl (C=O) groups is 4. The van der Waals surface area contributed by atoms with Gasteiger partial charge in [-0.25, -0.2) is 4.79 Å². The second-order valence-electron chi connectivity index (χ2n) is 7.39. The normalized spacial score (nSPS) is 19.9. The molecule has 3 rings (SSSR count). The van der Waals surface area contributed by atoms with Crippen molar-refractivity contribution in [3.8, 4) is 0 Å². The highest BCUT2D eigenvalue weighted by Gasteiger charge is 2.46. The Hall–Kier alpha value is -2.29. The summed E-state index contributed by atoms with van der Waals surface area (Å²) in [5.74, 6) is -2.62. The number of thioether (sulfide) groups is 2. The minimum Gasteiger partial charge on any atom is -0.480 e. The quantitative estimate of drug-likeness (QED) is 0.568. The van der Waals surface area contributed by atoms with E-state index < -0.39 is 34.5 Å². The molecular weight excluding hydrogens is 470 g/mol. The van der Waals surface area contributed by atoms with Crippen LogP contribution in [0.2, 0.25) is 5.02 Å². The van der Waals surface area contributed by atoms with Gasteiger partial charge in [0.1, 0.15) is 11.4 Å². The SMILES string of the molecule is CC(=O)SC(C(=O)c1ccccc1)[C@@H](C)C(=O)N1C(c2ccc(Cl)cc2)SC[C@H]1C(=O)O. The number of halogens is 1. The number of benzene rings is 2. The summed E-state index contributed by atoms with van der Waals surface area (Å²) < 4.78 is 0. The van der Waals surface area contributed by atoms with E-state index in [9.17, 15) is 24.3 Å². The molecule has 1 fully saturated rings. The van der Waals surface area contributed by atoms with Gasteiger partial charge in [0.05, 0.1) is 11.2 Å². The molecule has 1 saturated heterocycles. The third kappa shape index (κ3) is 5.36. The summed E-state index contributed by atoms with van der Waals surface area (Å²) in [5, 5.41) is 8.48. The fourth-order valence-corrected chi connectivity index (χ4v) is 6.02. The summed E-state index contributed by atoms with van der Waals surface area (Å²) in [7, 11) is 0. The van der Waals surface area contributed by atoms with Crippen molar-refractivity contribution in [2.45, 2.75) is 30.5 Å². The van der Waals surface area contributed by atoms with E-state index in [1.807, 2.05) is 0 Å². The Morgan fingerprint density at radius 1 is 1.09 bits per heavy atom. The maximum absolute atomic E-state index is 13.6. The Balaban J connectivity index is 1.95. The maximum atomic E-state index is 13.6. The first-order chi connectivity index (χ1) is 15.2. The number of amides is 1. The molecule has 4 atom stereocenters. The van der Waals surface area contributed by atoms with Crippen LogP contribution in [0.15, 0.2) is 54.6 Å². The molecule has 0 saturated carbocycles. The molecule has 0 aromatic heterocycles. The van der Waals surface area contributed by atoms with Gasteiger partial charge in [-0.3, -0.25) is 14.4 Å². The van der Waals surface area contributed by atoms with Crippen molar-refractivity contribution < 1.29 is 24.3 Å². The molecule has 6 nitrogen and oxygen atoms in total. The molecule has 168 valence electrons. The molecule has 0 radical (unpaired) electrons. The van der Waals surface area contributed by atoms with Crippen LogP contribution in [0.5, 0.6) is 0 Å². The highest BCUT2D eigenvalue weighted by Crippen LogP contribution is 2.43. The number of Topliss-reactive ketones (excluding diaryl/α,β-unsaturated/α-hetero) is 1. The van der Waals surface area contributed by atoms with E-state index in [0.29, 0.717) is 10.6 Å². The average molecular weight is 492 g/mol. The van der Waals surface area contributed by atoms with Crippen molar-refractivity contribution >= 4 is 57.9 Å². The van der Waals surface area contributed by atoms with Crippen LogP contribution >= 0.6 is 35.1 Å². The Labute approximate surface area is 199 Å². The van der Waals surface area contributed by atoms with E-state index >= 15 is 0 Å². The average Bonchev–Trinajstić information content (AvgIpc) is 3.22. The molecule has 2 aromatic carbocycles. The van der Waals surface area contributed by atoms with Crippen molar-refractivity contribution in [1.29, 1.82) is 0 Å². The number of rotatable bonds is 7. The molecular formula is C23H22ClNO5S2. The van der Waals surface area contributed by atoms with E-state index in [-0.39, 0.29) is 16.7 Å². The van der Waals surface area contributed by atoms with Crippen molar-refractivity contribution in [3.63, 3.8) is 0 Å². The largest absolute Gasteiger partial charge is 0.480 e. The molecule has 0 aliphatic carbocycles. The fourth-order valence-electron chi connectivity index (χ4n) is 3.54. The van der Waals surface area contributed by atoms with Crippen LogP contribution in [-0.2, 0) is 14.4 Å². The topological polar surface area (TPSA) is 91.8 Å². The van der Waals surface area contributed by atoms with Gasteiger partial charge in [-0.1, -0.05) is 72.8 Å². The van der Waals surface area contributed by atoms with Crippen molar-refractivity contribution in [3.05, 3.63) is 70.7 Å². The Kier molecular flexibility index (Phi) is 8.03. The first-order valence-corrected chi connectivity index (χ1v) is 12.2. The summed E-state index contributed by atoms with van der Waals surface area (Å²) >= 11 is 8.12. The Bertz CT molecular complexity index is 1010. The van der Waals surface area contributed by atoms with E-state index in [2.05, 4.69) is 0 Å². The van der Waals surface area contributed by atoms with Gasteiger partial charge < -0.3 is 10.0 Å². The highest BCUT2D eigenvalue weighted by atomic mass is 35.5. The zero-order chi connectivity index (χ0) is 23.4. The molecule has 1 heterocycles. The standard InChI is InChI=1S/C23H22ClNO5S2/c1-13(20(32-14(2)26)19(27)15-6-4-3-5-7-15)21(28)25-18(23(29)30)12-31-22(25)16-8-10-17(24)11-9-16/h3-11,13,18,20,22H,12H2,1-2H3,(H,29,30)/t13-,18+,20?,22?/m1/s1. The first-order valence-electron chi connectivity index (χ1n) is 9.89. The van der Waals surface area contributed by atoms with Crippen LogP contribution in [0, 0.1) is 5.92 Å². The molecule has 0 bridgehead atoms. The molecule has 2 unspecified atom stereocenters. The molecule has 9 heteroatoms. The van der Waals surface area contributed by atoms with E-state index in [1.54, 1.807) is 61.5 Å². The second-order valence-corrected chi connectivity index (χ2v) is 10.3. The van der Waals surface area contributed by atoms with E-state index in [4.69, 9.17) is 11.6 Å². The highest BCUT2D eigenvalue weighted by molar-refractivity contribution is 8.14. The third-order valence-electron chi connectivity index (χ3n) is 5.15.